The Labute approximate surface area is 130 Å². The lowest BCUT2D eigenvalue weighted by Crippen LogP contribution is -2.24. The summed E-state index contributed by atoms with van der Waals surface area (Å²) in [6, 6.07) is 6.71. The van der Waals surface area contributed by atoms with Crippen LogP contribution in [0.1, 0.15) is 41.5 Å². The number of aromatic amines is 1. The van der Waals surface area contributed by atoms with Crippen LogP contribution in [0.15, 0.2) is 24.4 Å². The predicted octanol–water partition coefficient (Wildman–Crippen LogP) is 2.46. The summed E-state index contributed by atoms with van der Waals surface area (Å²) < 4.78 is 0. The van der Waals surface area contributed by atoms with Gasteiger partial charge in [0.1, 0.15) is 0 Å². The van der Waals surface area contributed by atoms with Crippen LogP contribution in [-0.4, -0.2) is 38.2 Å². The molecule has 1 fully saturated rings. The maximum atomic E-state index is 8.36. The zero-order valence-corrected chi connectivity index (χ0v) is 13.0. The summed E-state index contributed by atoms with van der Waals surface area (Å²) in [5.41, 5.74) is 4.77. The third-order valence-corrected chi connectivity index (χ3v) is 3.88. The number of nitrogens with zero attached hydrogens (tertiary/aromatic N) is 3. The molecule has 6 heteroatoms. The molecule has 0 aliphatic carbocycles. The monoisotopic (exact) mass is 302 g/mol. The number of nitrogens with one attached hydrogen (secondary N) is 1. The van der Waals surface area contributed by atoms with Crippen LogP contribution in [-0.2, 0) is 11.3 Å². The fourth-order valence-corrected chi connectivity index (χ4v) is 2.93. The van der Waals surface area contributed by atoms with E-state index >= 15 is 0 Å². The van der Waals surface area contributed by atoms with Gasteiger partial charge >= 0.3 is 0 Å². The molecule has 1 aliphatic rings. The van der Waals surface area contributed by atoms with Crippen LogP contribution in [0.3, 0.4) is 0 Å². The quantitative estimate of drug-likeness (QED) is 0.851. The maximum absolute atomic E-state index is 8.36. The van der Waals surface area contributed by atoms with Gasteiger partial charge in [-0.25, -0.2) is 0 Å². The summed E-state index contributed by atoms with van der Waals surface area (Å²) in [4.78, 5) is 15.5. The van der Waals surface area contributed by atoms with Gasteiger partial charge in [-0.1, -0.05) is 6.07 Å². The standard InChI is InChI=1S/C15H20N4.CH2O2/c1-11-9-16-18-15(11)14-7-4-8-19(14)10-13-6-3-5-12(2)17-13;2-1-3/h3,5-6,9,14H,4,7-8,10H2,1-2H3,(H,16,18);1H,(H,2,3). The fraction of sp³-hybridized carbons (Fsp3) is 0.438. The van der Waals surface area contributed by atoms with Gasteiger partial charge in [-0.2, -0.15) is 5.10 Å². The summed E-state index contributed by atoms with van der Waals surface area (Å²) in [6.07, 6.45) is 4.36. The van der Waals surface area contributed by atoms with Crippen molar-refractivity contribution in [1.82, 2.24) is 20.1 Å². The Morgan fingerprint density at radius 3 is 2.86 bits per heavy atom. The Hall–Kier alpha value is -2.21. The smallest absolute Gasteiger partial charge is 0.290 e. The van der Waals surface area contributed by atoms with Crippen LogP contribution in [0, 0.1) is 13.8 Å². The van der Waals surface area contributed by atoms with Crippen LogP contribution in [0.2, 0.25) is 0 Å². The molecule has 0 saturated carbocycles. The van der Waals surface area contributed by atoms with Crippen molar-refractivity contribution in [2.75, 3.05) is 6.54 Å². The van der Waals surface area contributed by atoms with E-state index in [0.717, 1.165) is 24.5 Å². The first-order chi connectivity index (χ1) is 10.7. The number of hydrogen-bond donors (Lipinski definition) is 2. The highest BCUT2D eigenvalue weighted by Gasteiger charge is 2.28. The van der Waals surface area contributed by atoms with Crippen LogP contribution in [0.5, 0.6) is 0 Å². The number of hydrogen-bond acceptors (Lipinski definition) is 4. The number of aromatic nitrogens is 3. The molecule has 3 rings (SSSR count). The van der Waals surface area contributed by atoms with Crippen molar-refractivity contribution in [2.24, 2.45) is 0 Å². The molecular formula is C16H22N4O2. The van der Waals surface area contributed by atoms with Crippen molar-refractivity contribution in [2.45, 2.75) is 39.3 Å². The van der Waals surface area contributed by atoms with Gasteiger partial charge in [0, 0.05) is 12.2 Å². The molecule has 2 aromatic rings. The molecule has 118 valence electrons. The number of aryl methyl sites for hydroxylation is 2. The van der Waals surface area contributed by atoms with Gasteiger partial charge in [0.25, 0.3) is 6.47 Å². The average molecular weight is 302 g/mol. The molecule has 0 amide bonds. The van der Waals surface area contributed by atoms with Gasteiger partial charge in [0.05, 0.1) is 23.6 Å². The average Bonchev–Trinajstić information content (AvgIpc) is 3.08. The van der Waals surface area contributed by atoms with Crippen LogP contribution >= 0.6 is 0 Å². The van der Waals surface area contributed by atoms with Gasteiger partial charge in [0.15, 0.2) is 0 Å². The first-order valence-corrected chi connectivity index (χ1v) is 7.40. The molecule has 6 nitrogen and oxygen atoms in total. The number of likely N-dealkylation sites (tertiary alicyclic amines) is 1. The lowest BCUT2D eigenvalue weighted by Gasteiger charge is -2.23. The lowest BCUT2D eigenvalue weighted by atomic mass is 10.1. The topological polar surface area (TPSA) is 82.1 Å². The lowest BCUT2D eigenvalue weighted by molar-refractivity contribution is -0.122. The van der Waals surface area contributed by atoms with Crippen molar-refractivity contribution >= 4 is 6.47 Å². The van der Waals surface area contributed by atoms with E-state index in [1.165, 1.54) is 24.1 Å². The normalized spacial score (nSPS) is 17.8. The van der Waals surface area contributed by atoms with E-state index < -0.39 is 0 Å². The molecule has 1 aliphatic heterocycles. The summed E-state index contributed by atoms with van der Waals surface area (Å²) in [7, 11) is 0. The highest BCUT2D eigenvalue weighted by Crippen LogP contribution is 2.33. The second-order valence-electron chi connectivity index (χ2n) is 5.47. The minimum Gasteiger partial charge on any atom is -0.483 e. The minimum absolute atomic E-state index is 0.250. The Balaban J connectivity index is 0.000000545. The second-order valence-corrected chi connectivity index (χ2v) is 5.47. The van der Waals surface area contributed by atoms with Gasteiger partial charge in [-0.3, -0.25) is 19.8 Å². The van der Waals surface area contributed by atoms with Crippen LogP contribution < -0.4 is 0 Å². The minimum atomic E-state index is -0.250. The summed E-state index contributed by atoms with van der Waals surface area (Å²) in [5.74, 6) is 0. The fourth-order valence-electron chi connectivity index (χ4n) is 2.93. The Bertz CT molecular complexity index is 612. The third kappa shape index (κ3) is 3.92. The van der Waals surface area contributed by atoms with Gasteiger partial charge < -0.3 is 5.11 Å². The molecule has 22 heavy (non-hydrogen) atoms. The van der Waals surface area contributed by atoms with Gasteiger partial charge in [0.2, 0.25) is 0 Å². The molecule has 0 aromatic carbocycles. The molecule has 1 atom stereocenters. The van der Waals surface area contributed by atoms with E-state index in [4.69, 9.17) is 9.90 Å². The maximum Gasteiger partial charge on any atom is 0.290 e. The predicted molar refractivity (Wildman–Crippen MR) is 83.4 cm³/mol. The van der Waals surface area contributed by atoms with Gasteiger partial charge in [-0.15, -0.1) is 0 Å². The first-order valence-electron chi connectivity index (χ1n) is 7.40. The molecule has 3 heterocycles. The summed E-state index contributed by atoms with van der Waals surface area (Å²) in [5, 5.41) is 14.2. The largest absolute Gasteiger partial charge is 0.483 e. The molecule has 1 saturated heterocycles. The number of H-pyrrole nitrogens is 1. The summed E-state index contributed by atoms with van der Waals surface area (Å²) in [6.45, 7) is 5.98. The van der Waals surface area contributed by atoms with Crippen LogP contribution in [0.25, 0.3) is 0 Å². The highest BCUT2D eigenvalue weighted by atomic mass is 16.3. The molecule has 0 radical (unpaired) electrons. The molecule has 0 spiro atoms. The molecule has 1 unspecified atom stereocenters. The van der Waals surface area contributed by atoms with Gasteiger partial charge in [-0.05, 0) is 50.9 Å². The van der Waals surface area contributed by atoms with Crippen molar-refractivity contribution < 1.29 is 9.90 Å². The Kier molecular flexibility index (Phi) is 5.66. The number of pyridine rings is 1. The zero-order valence-electron chi connectivity index (χ0n) is 13.0. The van der Waals surface area contributed by atoms with Crippen LogP contribution in [0.4, 0.5) is 0 Å². The Morgan fingerprint density at radius 1 is 1.45 bits per heavy atom. The number of carboxylic acid groups (broad SMARTS) is 1. The number of carbonyl (C=O) groups is 1. The number of rotatable bonds is 3. The summed E-state index contributed by atoms with van der Waals surface area (Å²) >= 11 is 0. The van der Waals surface area contributed by atoms with E-state index in [9.17, 15) is 0 Å². The van der Waals surface area contributed by atoms with E-state index in [1.54, 1.807) is 0 Å². The van der Waals surface area contributed by atoms with E-state index in [-0.39, 0.29) is 6.47 Å². The van der Waals surface area contributed by atoms with Crippen molar-refractivity contribution in [3.8, 4) is 0 Å². The molecule has 0 bridgehead atoms. The van der Waals surface area contributed by atoms with E-state index in [1.807, 2.05) is 19.2 Å². The van der Waals surface area contributed by atoms with Crippen molar-refractivity contribution in [3.05, 3.63) is 47.0 Å². The molecule has 2 aromatic heterocycles. The van der Waals surface area contributed by atoms with E-state index in [2.05, 4.69) is 39.1 Å². The van der Waals surface area contributed by atoms with E-state index in [0.29, 0.717) is 6.04 Å². The first kappa shape index (κ1) is 16.2. The van der Waals surface area contributed by atoms with Crippen molar-refractivity contribution in [1.29, 1.82) is 0 Å². The molecular weight excluding hydrogens is 280 g/mol. The zero-order chi connectivity index (χ0) is 15.9. The second kappa shape index (κ2) is 7.70. The SMILES string of the molecule is Cc1cccc(CN2CCCC2c2[nH]ncc2C)n1.O=CO. The highest BCUT2D eigenvalue weighted by molar-refractivity contribution is 5.32. The Morgan fingerprint density at radius 2 is 2.23 bits per heavy atom. The third-order valence-electron chi connectivity index (χ3n) is 3.88. The molecule has 2 N–H and O–H groups in total. The van der Waals surface area contributed by atoms with Crippen molar-refractivity contribution in [3.63, 3.8) is 0 Å².